The molecule has 2 N–H and O–H groups in total. The zero-order chi connectivity index (χ0) is 15.4. The standard InChI is InChI=1S/C15H11FO5/c16-12-4-2-1-3-9(12)5-11-6-10(8-21-11)13(17)7-14(18)15(19)20/h1-4,6-8,18H,5H2,(H,19,20)/b14-7-. The van der Waals surface area contributed by atoms with Crippen LogP contribution in [0.3, 0.4) is 0 Å². The lowest BCUT2D eigenvalue weighted by Gasteiger charge is -1.99. The van der Waals surface area contributed by atoms with Crippen molar-refractivity contribution in [2.75, 3.05) is 0 Å². The Hall–Kier alpha value is -2.89. The van der Waals surface area contributed by atoms with E-state index in [1.165, 1.54) is 12.1 Å². The summed E-state index contributed by atoms with van der Waals surface area (Å²) in [5, 5.41) is 17.5. The van der Waals surface area contributed by atoms with Gasteiger partial charge >= 0.3 is 5.97 Å². The van der Waals surface area contributed by atoms with Crippen molar-refractivity contribution >= 4 is 11.8 Å². The van der Waals surface area contributed by atoms with Crippen LogP contribution < -0.4 is 0 Å². The molecule has 1 aromatic heterocycles. The molecule has 0 aliphatic carbocycles. The lowest BCUT2D eigenvalue weighted by atomic mass is 10.1. The first-order chi connectivity index (χ1) is 9.97. The molecule has 2 aromatic rings. The number of halogens is 1. The van der Waals surface area contributed by atoms with Crippen LogP contribution in [0.2, 0.25) is 0 Å². The lowest BCUT2D eigenvalue weighted by molar-refractivity contribution is -0.135. The third-order valence-electron chi connectivity index (χ3n) is 2.75. The van der Waals surface area contributed by atoms with Crippen LogP contribution in [0.4, 0.5) is 4.39 Å². The Bertz CT molecular complexity index is 714. The number of allylic oxidation sites excluding steroid dienone is 1. The SMILES string of the molecule is O=C(O)/C(O)=C/C(=O)c1coc(Cc2ccccc2F)c1. The summed E-state index contributed by atoms with van der Waals surface area (Å²) in [4.78, 5) is 22.1. The number of ketones is 1. The fourth-order valence-corrected chi connectivity index (χ4v) is 1.70. The van der Waals surface area contributed by atoms with Gasteiger partial charge in [0.1, 0.15) is 17.8 Å². The Kier molecular flexibility index (Phi) is 4.18. The summed E-state index contributed by atoms with van der Waals surface area (Å²) in [6.07, 6.45) is 1.87. The maximum atomic E-state index is 13.5. The van der Waals surface area contributed by atoms with Gasteiger partial charge in [-0.2, -0.15) is 0 Å². The fourth-order valence-electron chi connectivity index (χ4n) is 1.70. The Balaban J connectivity index is 2.15. The fraction of sp³-hybridized carbons (Fsp3) is 0.0667. The van der Waals surface area contributed by atoms with E-state index in [1.54, 1.807) is 18.2 Å². The summed E-state index contributed by atoms with van der Waals surface area (Å²) in [6, 6.07) is 7.53. The van der Waals surface area contributed by atoms with E-state index in [0.717, 1.165) is 6.26 Å². The smallest absolute Gasteiger partial charge is 0.371 e. The summed E-state index contributed by atoms with van der Waals surface area (Å²) in [7, 11) is 0. The predicted molar refractivity (Wildman–Crippen MR) is 70.6 cm³/mol. The van der Waals surface area contributed by atoms with Crippen molar-refractivity contribution in [3.05, 3.63) is 71.1 Å². The van der Waals surface area contributed by atoms with E-state index in [0.29, 0.717) is 17.4 Å². The van der Waals surface area contributed by atoms with Gasteiger partial charge in [0, 0.05) is 12.5 Å². The number of carboxylic acids is 1. The van der Waals surface area contributed by atoms with Gasteiger partial charge in [-0.25, -0.2) is 9.18 Å². The topological polar surface area (TPSA) is 87.7 Å². The summed E-state index contributed by atoms with van der Waals surface area (Å²) in [5.41, 5.74) is 0.490. The number of benzene rings is 1. The largest absolute Gasteiger partial charge is 0.502 e. The average Bonchev–Trinajstić information content (AvgIpc) is 2.90. The molecular formula is C15H11FO5. The van der Waals surface area contributed by atoms with Gasteiger partial charge in [-0.3, -0.25) is 4.79 Å². The highest BCUT2D eigenvalue weighted by Gasteiger charge is 2.13. The van der Waals surface area contributed by atoms with Crippen LogP contribution in [0.1, 0.15) is 21.7 Å². The molecule has 0 fully saturated rings. The highest BCUT2D eigenvalue weighted by atomic mass is 19.1. The molecule has 5 nitrogen and oxygen atoms in total. The second-order valence-electron chi connectivity index (χ2n) is 4.27. The second-order valence-corrected chi connectivity index (χ2v) is 4.27. The molecule has 1 heterocycles. The van der Waals surface area contributed by atoms with Crippen LogP contribution in [-0.4, -0.2) is 22.0 Å². The van der Waals surface area contributed by atoms with Crippen molar-refractivity contribution in [1.82, 2.24) is 0 Å². The molecule has 21 heavy (non-hydrogen) atoms. The molecular weight excluding hydrogens is 279 g/mol. The third kappa shape index (κ3) is 3.56. The minimum atomic E-state index is -1.60. The molecule has 6 heteroatoms. The van der Waals surface area contributed by atoms with E-state index < -0.39 is 17.5 Å². The first-order valence-electron chi connectivity index (χ1n) is 5.96. The lowest BCUT2D eigenvalue weighted by Crippen LogP contribution is -2.03. The minimum Gasteiger partial charge on any atom is -0.502 e. The van der Waals surface area contributed by atoms with E-state index in [4.69, 9.17) is 14.6 Å². The number of hydrogen-bond donors (Lipinski definition) is 2. The first-order valence-corrected chi connectivity index (χ1v) is 5.96. The maximum absolute atomic E-state index is 13.5. The number of hydrogen-bond acceptors (Lipinski definition) is 4. The molecule has 0 atom stereocenters. The van der Waals surface area contributed by atoms with E-state index in [9.17, 15) is 14.0 Å². The number of carboxylic acid groups (broad SMARTS) is 1. The Morgan fingerprint density at radius 1 is 1.24 bits per heavy atom. The highest BCUT2D eigenvalue weighted by Crippen LogP contribution is 2.16. The van der Waals surface area contributed by atoms with E-state index in [-0.39, 0.29) is 17.8 Å². The van der Waals surface area contributed by atoms with Gasteiger partial charge in [-0.1, -0.05) is 18.2 Å². The monoisotopic (exact) mass is 290 g/mol. The van der Waals surface area contributed by atoms with Gasteiger partial charge in [0.05, 0.1) is 5.56 Å². The first kappa shape index (κ1) is 14.5. The van der Waals surface area contributed by atoms with Crippen molar-refractivity contribution < 1.29 is 28.6 Å². The van der Waals surface area contributed by atoms with Crippen molar-refractivity contribution in [1.29, 1.82) is 0 Å². The van der Waals surface area contributed by atoms with Crippen molar-refractivity contribution in [2.24, 2.45) is 0 Å². The molecule has 0 saturated carbocycles. The highest BCUT2D eigenvalue weighted by molar-refractivity contribution is 6.07. The van der Waals surface area contributed by atoms with Crippen LogP contribution in [0, 0.1) is 5.82 Å². The molecule has 0 radical (unpaired) electrons. The minimum absolute atomic E-state index is 0.0779. The second kappa shape index (κ2) is 6.04. The molecule has 0 aliphatic rings. The summed E-state index contributed by atoms with van der Waals surface area (Å²) >= 11 is 0. The number of aliphatic carboxylic acids is 1. The van der Waals surface area contributed by atoms with Crippen LogP contribution in [-0.2, 0) is 11.2 Å². The molecule has 1 aromatic carbocycles. The van der Waals surface area contributed by atoms with Crippen LogP contribution in [0.15, 0.2) is 52.8 Å². The van der Waals surface area contributed by atoms with Gasteiger partial charge in [0.2, 0.25) is 5.76 Å². The molecule has 0 unspecified atom stereocenters. The van der Waals surface area contributed by atoms with E-state index in [2.05, 4.69) is 0 Å². The normalized spacial score (nSPS) is 11.4. The van der Waals surface area contributed by atoms with Crippen molar-refractivity contribution in [3.8, 4) is 0 Å². The van der Waals surface area contributed by atoms with E-state index >= 15 is 0 Å². The van der Waals surface area contributed by atoms with Gasteiger partial charge < -0.3 is 14.6 Å². The third-order valence-corrected chi connectivity index (χ3v) is 2.75. The molecule has 2 rings (SSSR count). The van der Waals surface area contributed by atoms with Gasteiger partial charge in [-0.05, 0) is 17.7 Å². The molecule has 0 aliphatic heterocycles. The number of furan rings is 1. The molecule has 108 valence electrons. The van der Waals surface area contributed by atoms with Crippen LogP contribution in [0.5, 0.6) is 0 Å². The average molecular weight is 290 g/mol. The number of carbonyl (C=O) groups excluding carboxylic acids is 1. The van der Waals surface area contributed by atoms with Gasteiger partial charge in [0.25, 0.3) is 0 Å². The zero-order valence-corrected chi connectivity index (χ0v) is 10.7. The van der Waals surface area contributed by atoms with Crippen molar-refractivity contribution in [2.45, 2.75) is 6.42 Å². The Morgan fingerprint density at radius 3 is 2.62 bits per heavy atom. The van der Waals surface area contributed by atoms with Gasteiger partial charge in [0.15, 0.2) is 5.78 Å². The number of carbonyl (C=O) groups is 2. The molecule has 0 spiro atoms. The zero-order valence-electron chi connectivity index (χ0n) is 10.7. The number of rotatable bonds is 5. The maximum Gasteiger partial charge on any atom is 0.371 e. The number of aliphatic hydroxyl groups is 1. The van der Waals surface area contributed by atoms with Crippen molar-refractivity contribution in [3.63, 3.8) is 0 Å². The summed E-state index contributed by atoms with van der Waals surface area (Å²) in [5.74, 6) is -3.40. The quantitative estimate of drug-likeness (QED) is 0.502. The summed E-state index contributed by atoms with van der Waals surface area (Å²) in [6.45, 7) is 0. The van der Waals surface area contributed by atoms with E-state index in [1.807, 2.05) is 0 Å². The molecule has 0 amide bonds. The molecule has 0 bridgehead atoms. The van der Waals surface area contributed by atoms with Crippen LogP contribution in [0.25, 0.3) is 0 Å². The summed E-state index contributed by atoms with van der Waals surface area (Å²) < 4.78 is 18.6. The predicted octanol–water partition coefficient (Wildman–Crippen LogP) is 2.72. The molecule has 0 saturated heterocycles. The number of aliphatic hydroxyl groups excluding tert-OH is 1. The Morgan fingerprint density at radius 2 is 1.95 bits per heavy atom. The van der Waals surface area contributed by atoms with Crippen LogP contribution >= 0.6 is 0 Å². The van der Waals surface area contributed by atoms with Gasteiger partial charge in [-0.15, -0.1) is 0 Å². The Labute approximate surface area is 118 Å².